The van der Waals surface area contributed by atoms with Crippen molar-refractivity contribution in [1.29, 1.82) is 0 Å². The number of halogens is 1. The lowest BCUT2D eigenvalue weighted by Crippen LogP contribution is -2.55. The van der Waals surface area contributed by atoms with Crippen LogP contribution in [0.1, 0.15) is 29.6 Å². The molecule has 1 fully saturated rings. The van der Waals surface area contributed by atoms with Crippen LogP contribution in [0.5, 0.6) is 0 Å². The number of alkyl halides is 1. The van der Waals surface area contributed by atoms with E-state index in [1.807, 2.05) is 30.3 Å². The largest absolute Gasteiger partial charge is 0.345 e. The molecule has 3 nitrogen and oxygen atoms in total. The Morgan fingerprint density at radius 1 is 1.32 bits per heavy atom. The van der Waals surface area contributed by atoms with Gasteiger partial charge in [-0.3, -0.25) is 9.78 Å². The number of hydrogen-bond acceptors (Lipinski definition) is 2. The Hall–Kier alpha value is -1.61. The summed E-state index contributed by atoms with van der Waals surface area (Å²) in [6.07, 6.45) is 4.79. The van der Waals surface area contributed by atoms with Crippen molar-refractivity contribution in [3.05, 3.63) is 42.1 Å². The highest BCUT2D eigenvalue weighted by Gasteiger charge is 2.37. The molecule has 98 valence electrons. The van der Waals surface area contributed by atoms with Crippen molar-refractivity contribution in [3.63, 3.8) is 0 Å². The number of rotatable bonds is 3. The predicted molar refractivity (Wildman–Crippen MR) is 76.5 cm³/mol. The molecule has 1 aliphatic carbocycles. The van der Waals surface area contributed by atoms with Gasteiger partial charge in [0.15, 0.2) is 0 Å². The Kier molecular flexibility index (Phi) is 3.15. The third-order valence-corrected chi connectivity index (χ3v) is 4.35. The summed E-state index contributed by atoms with van der Waals surface area (Å²) in [6, 6.07) is 9.37. The van der Waals surface area contributed by atoms with Crippen LogP contribution in [0.25, 0.3) is 10.9 Å². The van der Waals surface area contributed by atoms with Gasteiger partial charge in [-0.15, -0.1) is 11.6 Å². The standard InChI is InChI=1S/C15H15ClN2O/c16-10-15(7-3-8-15)18-14(19)12-4-1-6-13-11(12)5-2-9-17-13/h1-2,4-6,9H,3,7-8,10H2,(H,18,19). The number of carbonyl (C=O) groups excluding carboxylic acids is 1. The number of amides is 1. The van der Waals surface area contributed by atoms with Crippen LogP contribution in [-0.2, 0) is 0 Å². The van der Waals surface area contributed by atoms with E-state index in [9.17, 15) is 4.79 Å². The van der Waals surface area contributed by atoms with Gasteiger partial charge in [-0.1, -0.05) is 12.1 Å². The Morgan fingerprint density at radius 2 is 2.16 bits per heavy atom. The summed E-state index contributed by atoms with van der Waals surface area (Å²) in [5.74, 6) is 0.417. The average Bonchev–Trinajstić information content (AvgIpc) is 2.42. The highest BCUT2D eigenvalue weighted by Crippen LogP contribution is 2.33. The van der Waals surface area contributed by atoms with Gasteiger partial charge in [-0.2, -0.15) is 0 Å². The zero-order valence-corrected chi connectivity index (χ0v) is 11.3. The molecule has 1 aromatic carbocycles. The topological polar surface area (TPSA) is 42.0 Å². The molecule has 0 spiro atoms. The summed E-state index contributed by atoms with van der Waals surface area (Å²) in [6.45, 7) is 0. The Morgan fingerprint density at radius 3 is 2.84 bits per heavy atom. The summed E-state index contributed by atoms with van der Waals surface area (Å²) >= 11 is 5.98. The van der Waals surface area contributed by atoms with Gasteiger partial charge in [-0.05, 0) is 37.5 Å². The summed E-state index contributed by atoms with van der Waals surface area (Å²) in [5, 5.41) is 3.97. The van der Waals surface area contributed by atoms with E-state index in [-0.39, 0.29) is 11.4 Å². The molecule has 0 aliphatic heterocycles. The van der Waals surface area contributed by atoms with E-state index >= 15 is 0 Å². The van der Waals surface area contributed by atoms with Gasteiger partial charge in [0, 0.05) is 23.0 Å². The molecule has 3 rings (SSSR count). The number of aromatic nitrogens is 1. The van der Waals surface area contributed by atoms with Crippen molar-refractivity contribution < 1.29 is 4.79 Å². The van der Waals surface area contributed by atoms with E-state index in [2.05, 4.69) is 10.3 Å². The molecule has 1 amide bonds. The molecule has 0 radical (unpaired) electrons. The molecule has 1 heterocycles. The fourth-order valence-electron chi connectivity index (χ4n) is 2.51. The van der Waals surface area contributed by atoms with Crippen molar-refractivity contribution in [1.82, 2.24) is 10.3 Å². The molecule has 2 aromatic rings. The van der Waals surface area contributed by atoms with Crippen LogP contribution >= 0.6 is 11.6 Å². The number of nitrogens with zero attached hydrogens (tertiary/aromatic N) is 1. The minimum absolute atomic E-state index is 0.0565. The first-order valence-corrected chi connectivity index (χ1v) is 7.00. The average molecular weight is 275 g/mol. The molecule has 1 saturated carbocycles. The highest BCUT2D eigenvalue weighted by molar-refractivity contribution is 6.19. The zero-order chi connectivity index (χ0) is 13.3. The quantitative estimate of drug-likeness (QED) is 0.874. The maximum Gasteiger partial charge on any atom is 0.252 e. The van der Waals surface area contributed by atoms with Crippen LogP contribution in [-0.4, -0.2) is 22.3 Å². The number of carbonyl (C=O) groups is 1. The Balaban J connectivity index is 1.93. The van der Waals surface area contributed by atoms with Crippen molar-refractivity contribution in [2.45, 2.75) is 24.8 Å². The molecule has 0 unspecified atom stereocenters. The summed E-state index contributed by atoms with van der Waals surface area (Å²) in [4.78, 5) is 16.7. The molecule has 19 heavy (non-hydrogen) atoms. The fraction of sp³-hybridized carbons (Fsp3) is 0.333. The molecule has 1 aliphatic rings. The van der Waals surface area contributed by atoms with Crippen LogP contribution in [0.4, 0.5) is 0 Å². The fourth-order valence-corrected chi connectivity index (χ4v) is 2.84. The molecule has 1 aromatic heterocycles. The summed E-state index contributed by atoms with van der Waals surface area (Å²) in [5.41, 5.74) is 1.30. The van der Waals surface area contributed by atoms with Gasteiger partial charge in [0.05, 0.1) is 11.1 Å². The second-order valence-corrected chi connectivity index (χ2v) is 5.36. The normalized spacial score (nSPS) is 16.9. The smallest absolute Gasteiger partial charge is 0.252 e. The highest BCUT2D eigenvalue weighted by atomic mass is 35.5. The first-order valence-electron chi connectivity index (χ1n) is 6.46. The lowest BCUT2D eigenvalue weighted by molar-refractivity contribution is 0.0855. The molecular formula is C15H15ClN2O. The Labute approximate surface area is 117 Å². The second kappa shape index (κ2) is 4.82. The minimum atomic E-state index is -0.205. The van der Waals surface area contributed by atoms with E-state index in [0.29, 0.717) is 11.4 Å². The maximum absolute atomic E-state index is 12.4. The molecular weight excluding hydrogens is 260 g/mol. The molecule has 4 heteroatoms. The zero-order valence-electron chi connectivity index (χ0n) is 10.5. The van der Waals surface area contributed by atoms with Crippen molar-refractivity contribution in [2.75, 3.05) is 5.88 Å². The summed E-state index contributed by atoms with van der Waals surface area (Å²) < 4.78 is 0. The van der Waals surface area contributed by atoms with E-state index < -0.39 is 0 Å². The molecule has 0 atom stereocenters. The Bertz CT molecular complexity index is 612. The molecule has 0 bridgehead atoms. The van der Waals surface area contributed by atoms with E-state index in [1.165, 1.54) is 0 Å². The van der Waals surface area contributed by atoms with Crippen molar-refractivity contribution >= 4 is 28.4 Å². The second-order valence-electron chi connectivity index (χ2n) is 5.10. The summed E-state index contributed by atoms with van der Waals surface area (Å²) in [7, 11) is 0. The minimum Gasteiger partial charge on any atom is -0.345 e. The number of benzene rings is 1. The van der Waals surface area contributed by atoms with Crippen LogP contribution in [0, 0.1) is 0 Å². The van der Waals surface area contributed by atoms with Crippen LogP contribution in [0.15, 0.2) is 36.5 Å². The number of pyridine rings is 1. The van der Waals surface area contributed by atoms with Gasteiger partial charge < -0.3 is 5.32 Å². The van der Waals surface area contributed by atoms with Gasteiger partial charge in [0.2, 0.25) is 0 Å². The van der Waals surface area contributed by atoms with Gasteiger partial charge in [-0.25, -0.2) is 0 Å². The van der Waals surface area contributed by atoms with E-state index in [1.54, 1.807) is 6.20 Å². The predicted octanol–water partition coefficient (Wildman–Crippen LogP) is 3.13. The molecule has 1 N–H and O–H groups in total. The van der Waals surface area contributed by atoms with Crippen LogP contribution in [0.2, 0.25) is 0 Å². The monoisotopic (exact) mass is 274 g/mol. The lowest BCUT2D eigenvalue weighted by Gasteiger charge is -2.41. The van der Waals surface area contributed by atoms with Crippen LogP contribution < -0.4 is 5.32 Å². The maximum atomic E-state index is 12.4. The SMILES string of the molecule is O=C(NC1(CCl)CCC1)c1cccc2ncccc12. The third kappa shape index (κ3) is 2.19. The van der Waals surface area contributed by atoms with Gasteiger partial charge >= 0.3 is 0 Å². The van der Waals surface area contributed by atoms with Crippen molar-refractivity contribution in [2.24, 2.45) is 0 Å². The lowest BCUT2D eigenvalue weighted by atomic mass is 9.78. The van der Waals surface area contributed by atoms with E-state index in [4.69, 9.17) is 11.6 Å². The van der Waals surface area contributed by atoms with E-state index in [0.717, 1.165) is 30.2 Å². The first-order chi connectivity index (χ1) is 9.24. The van der Waals surface area contributed by atoms with Gasteiger partial charge in [0.1, 0.15) is 0 Å². The van der Waals surface area contributed by atoms with Crippen molar-refractivity contribution in [3.8, 4) is 0 Å². The number of hydrogen-bond donors (Lipinski definition) is 1. The number of nitrogens with one attached hydrogen (secondary N) is 1. The van der Waals surface area contributed by atoms with Gasteiger partial charge in [0.25, 0.3) is 5.91 Å². The molecule has 0 saturated heterocycles. The third-order valence-electron chi connectivity index (χ3n) is 3.84. The first kappa shape index (κ1) is 12.4. The number of fused-ring (bicyclic) bond motifs is 1. The van der Waals surface area contributed by atoms with Crippen LogP contribution in [0.3, 0.4) is 0 Å².